The van der Waals surface area contributed by atoms with Crippen LogP contribution in [0.5, 0.6) is 0 Å². The maximum absolute atomic E-state index is 12.0. The highest BCUT2D eigenvalue weighted by molar-refractivity contribution is 6.06. The summed E-state index contributed by atoms with van der Waals surface area (Å²) in [5, 5.41) is 3.67. The number of hydrogen-bond donors (Lipinski definition) is 0. The highest BCUT2D eigenvalue weighted by Gasteiger charge is 2.53. The lowest BCUT2D eigenvalue weighted by Gasteiger charge is -2.38. The SMILES string of the molecule is CCCCCN1C(=O)[N]C(=O)C12CCCCC2. The third-order valence-corrected chi connectivity index (χ3v) is 4.01. The molecule has 0 atom stereocenters. The molecule has 2 rings (SSSR count). The van der Waals surface area contributed by atoms with Crippen molar-refractivity contribution >= 4 is 11.9 Å². The van der Waals surface area contributed by atoms with E-state index in [-0.39, 0.29) is 11.9 Å². The molecule has 1 radical (unpaired) electrons. The number of nitrogens with zero attached hydrogens (tertiary/aromatic N) is 2. The fraction of sp³-hybridized carbons (Fsp3) is 0.846. The molecule has 1 spiro atoms. The number of amides is 3. The third kappa shape index (κ3) is 2.17. The lowest BCUT2D eigenvalue weighted by atomic mass is 9.80. The molecule has 2 aliphatic rings. The van der Waals surface area contributed by atoms with E-state index >= 15 is 0 Å². The molecule has 0 unspecified atom stereocenters. The van der Waals surface area contributed by atoms with Crippen LogP contribution < -0.4 is 5.32 Å². The van der Waals surface area contributed by atoms with Crippen LogP contribution in [0, 0.1) is 0 Å². The molecule has 1 saturated heterocycles. The molecule has 0 N–H and O–H groups in total. The van der Waals surface area contributed by atoms with Crippen LogP contribution in [0.25, 0.3) is 0 Å². The molecule has 1 aliphatic carbocycles. The summed E-state index contributed by atoms with van der Waals surface area (Å²) in [4.78, 5) is 25.5. The Morgan fingerprint density at radius 2 is 1.88 bits per heavy atom. The molecular formula is C13H21N2O2. The summed E-state index contributed by atoms with van der Waals surface area (Å²) in [6.45, 7) is 2.83. The Morgan fingerprint density at radius 3 is 2.53 bits per heavy atom. The summed E-state index contributed by atoms with van der Waals surface area (Å²) >= 11 is 0. The minimum atomic E-state index is -0.553. The van der Waals surface area contributed by atoms with Gasteiger partial charge in [0.25, 0.3) is 5.91 Å². The molecule has 17 heavy (non-hydrogen) atoms. The zero-order valence-electron chi connectivity index (χ0n) is 10.6. The van der Waals surface area contributed by atoms with Crippen molar-refractivity contribution in [2.45, 2.75) is 63.8 Å². The average molecular weight is 237 g/mol. The molecule has 4 heteroatoms. The minimum absolute atomic E-state index is 0.182. The monoisotopic (exact) mass is 237 g/mol. The molecule has 0 aromatic rings. The quantitative estimate of drug-likeness (QED) is 0.557. The third-order valence-electron chi connectivity index (χ3n) is 4.01. The summed E-state index contributed by atoms with van der Waals surface area (Å²) in [5.74, 6) is -0.182. The second-order valence-corrected chi connectivity index (χ2v) is 5.15. The number of imide groups is 1. The van der Waals surface area contributed by atoms with Crippen LogP contribution in [0.15, 0.2) is 0 Å². The number of unbranched alkanes of at least 4 members (excludes halogenated alkanes) is 2. The van der Waals surface area contributed by atoms with Gasteiger partial charge < -0.3 is 4.90 Å². The molecule has 1 aliphatic heterocycles. The van der Waals surface area contributed by atoms with Crippen LogP contribution in [0.2, 0.25) is 0 Å². The van der Waals surface area contributed by atoms with Crippen molar-refractivity contribution in [1.82, 2.24) is 10.2 Å². The standard InChI is InChI=1S/C13H21N2O2/c1-2-3-7-10-15-12(17)14-11(16)13(15)8-5-4-6-9-13/h2-10H2,1H3. The molecule has 1 saturated carbocycles. The smallest absolute Gasteiger partial charge is 0.308 e. The van der Waals surface area contributed by atoms with Gasteiger partial charge in [0.05, 0.1) is 0 Å². The van der Waals surface area contributed by atoms with Crippen molar-refractivity contribution < 1.29 is 9.59 Å². The highest BCUT2D eigenvalue weighted by atomic mass is 16.2. The van der Waals surface area contributed by atoms with Gasteiger partial charge in [-0.05, 0) is 19.3 Å². The first-order valence-electron chi connectivity index (χ1n) is 6.78. The van der Waals surface area contributed by atoms with E-state index in [9.17, 15) is 9.59 Å². The second kappa shape index (κ2) is 5.07. The van der Waals surface area contributed by atoms with Crippen molar-refractivity contribution in [2.24, 2.45) is 0 Å². The van der Waals surface area contributed by atoms with E-state index in [0.717, 1.165) is 44.9 Å². The number of carbonyl (C=O) groups excluding carboxylic acids is 2. The Balaban J connectivity index is 2.08. The predicted molar refractivity (Wildman–Crippen MR) is 64.6 cm³/mol. The van der Waals surface area contributed by atoms with Gasteiger partial charge in [-0.15, -0.1) is 0 Å². The van der Waals surface area contributed by atoms with Crippen molar-refractivity contribution in [3.05, 3.63) is 0 Å². The van der Waals surface area contributed by atoms with Crippen LogP contribution in [0.4, 0.5) is 4.79 Å². The Hall–Kier alpha value is -1.06. The van der Waals surface area contributed by atoms with E-state index in [2.05, 4.69) is 12.2 Å². The predicted octanol–water partition coefficient (Wildman–Crippen LogP) is 2.45. The zero-order valence-corrected chi connectivity index (χ0v) is 10.6. The van der Waals surface area contributed by atoms with E-state index in [1.54, 1.807) is 4.90 Å². The van der Waals surface area contributed by atoms with Gasteiger partial charge in [0.1, 0.15) is 5.54 Å². The molecule has 2 fully saturated rings. The van der Waals surface area contributed by atoms with Gasteiger partial charge in [0.2, 0.25) is 0 Å². The van der Waals surface area contributed by atoms with Crippen LogP contribution in [0.1, 0.15) is 58.3 Å². The van der Waals surface area contributed by atoms with E-state index < -0.39 is 5.54 Å². The number of carbonyl (C=O) groups is 2. The van der Waals surface area contributed by atoms with Gasteiger partial charge in [0.15, 0.2) is 0 Å². The summed E-state index contributed by atoms with van der Waals surface area (Å²) in [6, 6.07) is -0.298. The van der Waals surface area contributed by atoms with Crippen LogP contribution >= 0.6 is 0 Å². The Kier molecular flexibility index (Phi) is 3.69. The highest BCUT2D eigenvalue weighted by Crippen LogP contribution is 2.37. The fourth-order valence-electron chi connectivity index (χ4n) is 3.00. The molecule has 0 aromatic carbocycles. The number of hydrogen-bond acceptors (Lipinski definition) is 2. The first-order valence-corrected chi connectivity index (χ1v) is 6.78. The van der Waals surface area contributed by atoms with E-state index in [0.29, 0.717) is 6.54 Å². The van der Waals surface area contributed by atoms with Crippen molar-refractivity contribution in [1.29, 1.82) is 0 Å². The minimum Gasteiger partial charge on any atom is -0.308 e. The fourth-order valence-corrected chi connectivity index (χ4v) is 3.00. The summed E-state index contributed by atoms with van der Waals surface area (Å²) in [7, 11) is 0. The maximum Gasteiger partial charge on any atom is 0.347 e. The largest absolute Gasteiger partial charge is 0.347 e. The van der Waals surface area contributed by atoms with Crippen molar-refractivity contribution in [2.75, 3.05) is 6.54 Å². The molecule has 3 amide bonds. The molecule has 1 heterocycles. The van der Waals surface area contributed by atoms with Gasteiger partial charge in [-0.25, -0.2) is 4.79 Å². The van der Waals surface area contributed by atoms with Crippen LogP contribution in [-0.2, 0) is 4.79 Å². The first kappa shape index (κ1) is 12.4. The van der Waals surface area contributed by atoms with Crippen molar-refractivity contribution in [3.63, 3.8) is 0 Å². The van der Waals surface area contributed by atoms with E-state index in [1.165, 1.54) is 6.42 Å². The second-order valence-electron chi connectivity index (χ2n) is 5.15. The van der Waals surface area contributed by atoms with Crippen molar-refractivity contribution in [3.8, 4) is 0 Å². The Morgan fingerprint density at radius 1 is 1.18 bits per heavy atom. The lowest BCUT2D eigenvalue weighted by Crippen LogP contribution is -2.51. The molecule has 95 valence electrons. The molecule has 0 aromatic heterocycles. The number of rotatable bonds is 4. The summed E-state index contributed by atoms with van der Waals surface area (Å²) in [6.07, 6.45) is 8.09. The summed E-state index contributed by atoms with van der Waals surface area (Å²) in [5.41, 5.74) is -0.553. The molecule has 4 nitrogen and oxygen atoms in total. The topological polar surface area (TPSA) is 51.5 Å². The maximum atomic E-state index is 12.0. The normalized spacial score (nSPS) is 23.2. The summed E-state index contributed by atoms with van der Waals surface area (Å²) < 4.78 is 0. The van der Waals surface area contributed by atoms with Crippen LogP contribution in [-0.4, -0.2) is 28.9 Å². The average Bonchev–Trinajstić information content (AvgIpc) is 2.55. The molecular weight excluding hydrogens is 216 g/mol. The molecule has 0 bridgehead atoms. The van der Waals surface area contributed by atoms with E-state index in [1.807, 2.05) is 0 Å². The lowest BCUT2D eigenvalue weighted by molar-refractivity contribution is -0.128. The Bertz CT molecular complexity index is 309. The van der Waals surface area contributed by atoms with Gasteiger partial charge in [0, 0.05) is 6.54 Å². The van der Waals surface area contributed by atoms with Gasteiger partial charge in [-0.3, -0.25) is 4.79 Å². The van der Waals surface area contributed by atoms with Gasteiger partial charge in [-0.2, -0.15) is 5.32 Å². The van der Waals surface area contributed by atoms with Crippen LogP contribution in [0.3, 0.4) is 0 Å². The zero-order chi connectivity index (χ0) is 12.3. The van der Waals surface area contributed by atoms with Gasteiger partial charge >= 0.3 is 6.03 Å². The number of urea groups is 1. The Labute approximate surface area is 103 Å². The van der Waals surface area contributed by atoms with Gasteiger partial charge in [-0.1, -0.05) is 39.0 Å². The first-order chi connectivity index (χ1) is 8.20. The van der Waals surface area contributed by atoms with E-state index in [4.69, 9.17) is 0 Å².